The molecule has 0 spiro atoms. The zero-order valence-corrected chi connectivity index (χ0v) is 10.7. The number of nitrogens with two attached hydrogens (primary N) is 1. The molecular formula is C12H17N3OS. The number of nitrogens with one attached hydrogen (secondary N) is 1. The van der Waals surface area contributed by atoms with Gasteiger partial charge < -0.3 is 15.5 Å². The lowest BCUT2D eigenvalue weighted by Crippen LogP contribution is -2.19. The monoisotopic (exact) mass is 251 g/mol. The van der Waals surface area contributed by atoms with Gasteiger partial charge in [0.15, 0.2) is 0 Å². The van der Waals surface area contributed by atoms with Crippen molar-refractivity contribution in [2.75, 3.05) is 0 Å². The highest BCUT2D eigenvalue weighted by molar-refractivity contribution is 7.09. The number of furan rings is 1. The first-order valence-electron chi connectivity index (χ1n) is 5.74. The van der Waals surface area contributed by atoms with Gasteiger partial charge in [-0.05, 0) is 18.6 Å². The van der Waals surface area contributed by atoms with Gasteiger partial charge in [-0.1, -0.05) is 6.92 Å². The molecule has 2 rings (SSSR count). The molecule has 0 radical (unpaired) electrons. The molecule has 2 aromatic rings. The van der Waals surface area contributed by atoms with E-state index >= 15 is 0 Å². The average molecular weight is 251 g/mol. The Labute approximate surface area is 105 Å². The third-order valence-electron chi connectivity index (χ3n) is 2.60. The smallest absolute Gasteiger partial charge is 0.118 e. The van der Waals surface area contributed by atoms with Crippen LogP contribution < -0.4 is 11.1 Å². The van der Waals surface area contributed by atoms with E-state index in [-0.39, 0.29) is 0 Å². The van der Waals surface area contributed by atoms with E-state index < -0.39 is 0 Å². The molecule has 0 saturated carbocycles. The van der Waals surface area contributed by atoms with Crippen molar-refractivity contribution >= 4 is 11.3 Å². The van der Waals surface area contributed by atoms with E-state index in [2.05, 4.69) is 17.2 Å². The van der Waals surface area contributed by atoms with E-state index in [1.807, 2.05) is 23.7 Å². The molecule has 4 nitrogen and oxygen atoms in total. The van der Waals surface area contributed by atoms with Crippen LogP contribution in [0.15, 0.2) is 28.1 Å². The summed E-state index contributed by atoms with van der Waals surface area (Å²) in [6.07, 6.45) is 2.85. The van der Waals surface area contributed by atoms with Gasteiger partial charge in [0.1, 0.15) is 16.5 Å². The Bertz CT molecular complexity index is 438. The minimum absolute atomic E-state index is 0.293. The van der Waals surface area contributed by atoms with Crippen LogP contribution in [0.25, 0.3) is 0 Å². The highest BCUT2D eigenvalue weighted by Gasteiger charge is 2.11. The fraction of sp³-hybridized carbons (Fsp3) is 0.417. The van der Waals surface area contributed by atoms with E-state index in [1.54, 1.807) is 11.3 Å². The van der Waals surface area contributed by atoms with Gasteiger partial charge in [0.2, 0.25) is 0 Å². The van der Waals surface area contributed by atoms with Crippen molar-refractivity contribution in [3.05, 3.63) is 40.2 Å². The van der Waals surface area contributed by atoms with Crippen LogP contribution >= 0.6 is 11.3 Å². The molecular weight excluding hydrogens is 234 g/mol. The number of nitrogens with zero attached hydrogens (tertiary/aromatic N) is 1. The van der Waals surface area contributed by atoms with Gasteiger partial charge in [-0.15, -0.1) is 11.3 Å². The molecule has 0 aliphatic heterocycles. The lowest BCUT2D eigenvalue weighted by molar-refractivity contribution is 0.422. The zero-order chi connectivity index (χ0) is 12.1. The molecule has 1 unspecified atom stereocenters. The van der Waals surface area contributed by atoms with E-state index in [0.29, 0.717) is 19.1 Å². The molecule has 0 aromatic carbocycles. The molecule has 92 valence electrons. The van der Waals surface area contributed by atoms with Crippen molar-refractivity contribution in [1.82, 2.24) is 10.3 Å². The predicted molar refractivity (Wildman–Crippen MR) is 68.6 cm³/mol. The maximum atomic E-state index is 5.54. The minimum Gasteiger partial charge on any atom is -0.463 e. The van der Waals surface area contributed by atoms with Gasteiger partial charge >= 0.3 is 0 Å². The van der Waals surface area contributed by atoms with E-state index in [9.17, 15) is 0 Å². The van der Waals surface area contributed by atoms with E-state index in [1.165, 1.54) is 0 Å². The Morgan fingerprint density at radius 2 is 2.29 bits per heavy atom. The maximum absolute atomic E-state index is 5.54. The summed E-state index contributed by atoms with van der Waals surface area (Å²) in [6, 6.07) is 4.17. The zero-order valence-electron chi connectivity index (χ0n) is 9.85. The molecule has 2 heterocycles. The third-order valence-corrected chi connectivity index (χ3v) is 3.49. The van der Waals surface area contributed by atoms with Crippen molar-refractivity contribution in [3.8, 4) is 0 Å². The molecule has 3 N–H and O–H groups in total. The standard InChI is InChI=1S/C12H17N3OS/c1-2-11(12-14-5-6-17-12)15-8-10-4-3-9(7-13)16-10/h3-6,11,15H,2,7-8,13H2,1H3. The molecule has 17 heavy (non-hydrogen) atoms. The molecule has 0 aliphatic rings. The number of hydrogen-bond acceptors (Lipinski definition) is 5. The maximum Gasteiger partial charge on any atom is 0.118 e. The van der Waals surface area contributed by atoms with Crippen LogP contribution in [0.4, 0.5) is 0 Å². The van der Waals surface area contributed by atoms with Gasteiger partial charge in [-0.25, -0.2) is 4.98 Å². The predicted octanol–water partition coefficient (Wildman–Crippen LogP) is 2.44. The quantitative estimate of drug-likeness (QED) is 0.827. The van der Waals surface area contributed by atoms with Crippen LogP contribution in [-0.4, -0.2) is 4.98 Å². The van der Waals surface area contributed by atoms with Crippen LogP contribution in [0, 0.1) is 0 Å². The molecule has 0 bridgehead atoms. The summed E-state index contributed by atoms with van der Waals surface area (Å²) in [7, 11) is 0. The topological polar surface area (TPSA) is 64.1 Å². The molecule has 0 amide bonds. The summed E-state index contributed by atoms with van der Waals surface area (Å²) in [5, 5.41) is 6.56. The third kappa shape index (κ3) is 3.15. The minimum atomic E-state index is 0.293. The van der Waals surface area contributed by atoms with Crippen LogP contribution in [0.3, 0.4) is 0 Å². The highest BCUT2D eigenvalue weighted by Crippen LogP contribution is 2.19. The largest absolute Gasteiger partial charge is 0.463 e. The van der Waals surface area contributed by atoms with Crippen molar-refractivity contribution in [1.29, 1.82) is 0 Å². The Hall–Kier alpha value is -1.17. The van der Waals surface area contributed by atoms with Crippen LogP contribution in [0.1, 0.15) is 35.9 Å². The molecule has 2 aromatic heterocycles. The first-order chi connectivity index (χ1) is 8.33. The van der Waals surface area contributed by atoms with E-state index in [4.69, 9.17) is 10.2 Å². The second kappa shape index (κ2) is 5.95. The summed E-state index contributed by atoms with van der Waals surface area (Å²) >= 11 is 1.68. The first kappa shape index (κ1) is 12.3. The summed E-state index contributed by atoms with van der Waals surface area (Å²) in [6.45, 7) is 3.30. The van der Waals surface area contributed by atoms with Crippen molar-refractivity contribution in [2.45, 2.75) is 32.5 Å². The first-order valence-corrected chi connectivity index (χ1v) is 6.62. The number of thiazole rings is 1. The van der Waals surface area contributed by atoms with Gasteiger partial charge in [0, 0.05) is 11.6 Å². The van der Waals surface area contributed by atoms with Gasteiger partial charge in [0.05, 0.1) is 19.1 Å². The van der Waals surface area contributed by atoms with E-state index in [0.717, 1.165) is 22.9 Å². The van der Waals surface area contributed by atoms with Crippen LogP contribution in [0.5, 0.6) is 0 Å². The van der Waals surface area contributed by atoms with Crippen LogP contribution in [-0.2, 0) is 13.1 Å². The molecule has 0 aliphatic carbocycles. The SMILES string of the molecule is CCC(NCc1ccc(CN)o1)c1nccs1. The second-order valence-corrected chi connectivity index (χ2v) is 4.71. The number of aromatic nitrogens is 1. The Kier molecular flexibility index (Phi) is 4.30. The van der Waals surface area contributed by atoms with Gasteiger partial charge in [-0.3, -0.25) is 0 Å². The number of hydrogen-bond donors (Lipinski definition) is 2. The molecule has 5 heteroatoms. The van der Waals surface area contributed by atoms with Crippen molar-refractivity contribution in [3.63, 3.8) is 0 Å². The van der Waals surface area contributed by atoms with Gasteiger partial charge in [-0.2, -0.15) is 0 Å². The Balaban J connectivity index is 1.92. The molecule has 0 saturated heterocycles. The summed E-state index contributed by atoms with van der Waals surface area (Å²) < 4.78 is 5.54. The lowest BCUT2D eigenvalue weighted by Gasteiger charge is -2.12. The van der Waals surface area contributed by atoms with Crippen LogP contribution in [0.2, 0.25) is 0 Å². The summed E-state index contributed by atoms with van der Waals surface area (Å²) in [5.41, 5.74) is 5.50. The average Bonchev–Trinajstić information content (AvgIpc) is 3.00. The lowest BCUT2D eigenvalue weighted by atomic mass is 10.2. The van der Waals surface area contributed by atoms with Gasteiger partial charge in [0.25, 0.3) is 0 Å². The fourth-order valence-electron chi connectivity index (χ4n) is 1.66. The highest BCUT2D eigenvalue weighted by atomic mass is 32.1. The molecule has 0 fully saturated rings. The number of rotatable bonds is 6. The summed E-state index contributed by atoms with van der Waals surface area (Å²) in [4.78, 5) is 4.33. The van der Waals surface area contributed by atoms with Crippen molar-refractivity contribution in [2.24, 2.45) is 5.73 Å². The Morgan fingerprint density at radius 1 is 1.47 bits per heavy atom. The van der Waals surface area contributed by atoms with Crippen molar-refractivity contribution < 1.29 is 4.42 Å². The normalized spacial score (nSPS) is 12.8. The Morgan fingerprint density at radius 3 is 2.88 bits per heavy atom. The second-order valence-electron chi connectivity index (χ2n) is 3.78. The summed E-state index contributed by atoms with van der Waals surface area (Å²) in [5.74, 6) is 1.74. The molecule has 1 atom stereocenters. The fourth-order valence-corrected chi connectivity index (χ4v) is 2.46.